The van der Waals surface area contributed by atoms with Crippen molar-refractivity contribution in [2.24, 2.45) is 4.99 Å². The van der Waals surface area contributed by atoms with E-state index in [1.807, 2.05) is 0 Å². The van der Waals surface area contributed by atoms with Crippen molar-refractivity contribution in [2.75, 3.05) is 50.9 Å². The molecule has 27 heavy (non-hydrogen) atoms. The van der Waals surface area contributed by atoms with Crippen molar-refractivity contribution in [1.82, 2.24) is 15.5 Å². The van der Waals surface area contributed by atoms with Gasteiger partial charge < -0.3 is 15.4 Å². The second kappa shape index (κ2) is 11.5. The SMILES string of the molecule is CCNC(=NCc1ccc(C)cc1)NCC1(N2CCOCC2)CCSC1.I. The first-order valence-corrected chi connectivity index (χ1v) is 10.9. The molecule has 2 N–H and O–H groups in total. The zero-order valence-corrected chi connectivity index (χ0v) is 19.6. The minimum atomic E-state index is 0. The number of aliphatic imine (C=N–C) groups is 1. The predicted molar refractivity (Wildman–Crippen MR) is 126 cm³/mol. The molecule has 0 amide bonds. The topological polar surface area (TPSA) is 48.9 Å². The maximum atomic E-state index is 5.56. The largest absolute Gasteiger partial charge is 0.379 e. The van der Waals surface area contributed by atoms with Crippen LogP contribution in [0.1, 0.15) is 24.5 Å². The van der Waals surface area contributed by atoms with Gasteiger partial charge in [-0.3, -0.25) is 4.90 Å². The van der Waals surface area contributed by atoms with Crippen LogP contribution in [0.5, 0.6) is 0 Å². The summed E-state index contributed by atoms with van der Waals surface area (Å²) in [6.45, 7) is 10.5. The van der Waals surface area contributed by atoms with Crippen molar-refractivity contribution in [3.8, 4) is 0 Å². The average Bonchev–Trinajstić information content (AvgIpc) is 3.16. The lowest BCUT2D eigenvalue weighted by molar-refractivity contribution is -0.0120. The average molecular weight is 504 g/mol. The first-order valence-electron chi connectivity index (χ1n) is 9.70. The Morgan fingerprint density at radius 1 is 1.22 bits per heavy atom. The fourth-order valence-electron chi connectivity index (χ4n) is 3.59. The molecule has 7 heteroatoms. The van der Waals surface area contributed by atoms with E-state index in [0.717, 1.165) is 45.4 Å². The van der Waals surface area contributed by atoms with E-state index in [1.165, 1.54) is 29.1 Å². The maximum absolute atomic E-state index is 5.56. The second-order valence-electron chi connectivity index (χ2n) is 7.16. The van der Waals surface area contributed by atoms with E-state index in [4.69, 9.17) is 9.73 Å². The van der Waals surface area contributed by atoms with E-state index < -0.39 is 0 Å². The molecule has 3 rings (SSSR count). The van der Waals surface area contributed by atoms with E-state index in [2.05, 4.69) is 65.4 Å². The Morgan fingerprint density at radius 2 is 1.96 bits per heavy atom. The smallest absolute Gasteiger partial charge is 0.191 e. The molecular weight excluding hydrogens is 471 g/mol. The summed E-state index contributed by atoms with van der Waals surface area (Å²) >= 11 is 2.07. The van der Waals surface area contributed by atoms with Crippen molar-refractivity contribution in [2.45, 2.75) is 32.4 Å². The number of ether oxygens (including phenoxy) is 1. The lowest BCUT2D eigenvalue weighted by Crippen LogP contribution is -2.60. The number of hydrogen-bond donors (Lipinski definition) is 2. The molecular formula is C20H33IN4OS. The number of halogens is 1. The Balaban J connectivity index is 0.00000261. The molecule has 1 unspecified atom stereocenters. The third-order valence-corrected chi connectivity index (χ3v) is 6.47. The van der Waals surface area contributed by atoms with Crippen LogP contribution in [0.25, 0.3) is 0 Å². The number of morpholine rings is 1. The fourth-order valence-corrected chi connectivity index (χ4v) is 5.07. The molecule has 1 aromatic rings. The summed E-state index contributed by atoms with van der Waals surface area (Å²) in [6, 6.07) is 8.61. The normalized spacial score (nSPS) is 23.7. The molecule has 0 aromatic heterocycles. The first-order chi connectivity index (χ1) is 12.7. The highest BCUT2D eigenvalue weighted by atomic mass is 127. The second-order valence-corrected chi connectivity index (χ2v) is 8.27. The Labute approximate surface area is 185 Å². The first kappa shape index (κ1) is 22.8. The van der Waals surface area contributed by atoms with Crippen molar-refractivity contribution in [3.05, 3.63) is 35.4 Å². The molecule has 2 heterocycles. The molecule has 0 spiro atoms. The van der Waals surface area contributed by atoms with Crippen LogP contribution in [0.3, 0.4) is 0 Å². The Bertz CT molecular complexity index is 584. The van der Waals surface area contributed by atoms with Gasteiger partial charge in [-0.05, 0) is 31.6 Å². The van der Waals surface area contributed by atoms with Gasteiger partial charge in [0.15, 0.2) is 5.96 Å². The van der Waals surface area contributed by atoms with Gasteiger partial charge in [-0.15, -0.1) is 24.0 Å². The molecule has 2 saturated heterocycles. The van der Waals surface area contributed by atoms with Crippen molar-refractivity contribution in [1.29, 1.82) is 0 Å². The summed E-state index contributed by atoms with van der Waals surface area (Å²) in [5, 5.41) is 7.02. The molecule has 5 nitrogen and oxygen atoms in total. The van der Waals surface area contributed by atoms with E-state index in [0.29, 0.717) is 6.54 Å². The highest BCUT2D eigenvalue weighted by molar-refractivity contribution is 14.0. The molecule has 2 aliphatic rings. The lowest BCUT2D eigenvalue weighted by Gasteiger charge is -2.43. The molecule has 0 bridgehead atoms. The Morgan fingerprint density at radius 3 is 2.59 bits per heavy atom. The molecule has 0 radical (unpaired) electrons. The zero-order valence-electron chi connectivity index (χ0n) is 16.5. The third-order valence-electron chi connectivity index (χ3n) is 5.23. The summed E-state index contributed by atoms with van der Waals surface area (Å²) in [5.41, 5.74) is 2.76. The quantitative estimate of drug-likeness (QED) is 0.355. The van der Waals surface area contributed by atoms with Crippen LogP contribution in [0, 0.1) is 6.92 Å². The zero-order chi connectivity index (χ0) is 18.2. The van der Waals surface area contributed by atoms with E-state index >= 15 is 0 Å². The number of benzene rings is 1. The Kier molecular flexibility index (Phi) is 9.69. The van der Waals surface area contributed by atoms with Crippen LogP contribution in [0.15, 0.2) is 29.3 Å². The number of rotatable bonds is 6. The number of thioether (sulfide) groups is 1. The van der Waals surface area contributed by atoms with Crippen LogP contribution in [-0.4, -0.2) is 67.3 Å². The van der Waals surface area contributed by atoms with Gasteiger partial charge in [0.2, 0.25) is 0 Å². The van der Waals surface area contributed by atoms with Gasteiger partial charge in [0.05, 0.1) is 19.8 Å². The van der Waals surface area contributed by atoms with Gasteiger partial charge in [0.25, 0.3) is 0 Å². The number of guanidine groups is 1. The minimum Gasteiger partial charge on any atom is -0.379 e. The highest BCUT2D eigenvalue weighted by Crippen LogP contribution is 2.33. The molecule has 1 atom stereocenters. The summed E-state index contributed by atoms with van der Waals surface area (Å²) in [5.74, 6) is 3.35. The predicted octanol–water partition coefficient (Wildman–Crippen LogP) is 2.88. The monoisotopic (exact) mass is 504 g/mol. The van der Waals surface area contributed by atoms with Gasteiger partial charge in [-0.1, -0.05) is 29.8 Å². The van der Waals surface area contributed by atoms with Gasteiger partial charge in [0, 0.05) is 37.5 Å². The van der Waals surface area contributed by atoms with E-state index in [-0.39, 0.29) is 29.5 Å². The van der Waals surface area contributed by atoms with Crippen molar-refractivity contribution >= 4 is 41.7 Å². The van der Waals surface area contributed by atoms with Gasteiger partial charge >= 0.3 is 0 Å². The van der Waals surface area contributed by atoms with Crippen LogP contribution in [0.4, 0.5) is 0 Å². The van der Waals surface area contributed by atoms with Crippen molar-refractivity contribution in [3.63, 3.8) is 0 Å². The Hall–Kier alpha value is -0.510. The molecule has 0 aliphatic carbocycles. The molecule has 1 aromatic carbocycles. The van der Waals surface area contributed by atoms with Crippen LogP contribution < -0.4 is 10.6 Å². The summed E-state index contributed by atoms with van der Waals surface area (Å²) in [4.78, 5) is 7.43. The number of nitrogens with one attached hydrogen (secondary N) is 2. The molecule has 2 fully saturated rings. The van der Waals surface area contributed by atoms with Gasteiger partial charge in [-0.25, -0.2) is 4.99 Å². The lowest BCUT2D eigenvalue weighted by atomic mass is 9.95. The molecule has 0 saturated carbocycles. The van der Waals surface area contributed by atoms with E-state index in [9.17, 15) is 0 Å². The molecule has 2 aliphatic heterocycles. The standard InChI is InChI=1S/C20H32N4OS.HI/c1-3-21-19(22-14-18-6-4-17(2)5-7-18)23-15-20(8-13-26-16-20)24-9-11-25-12-10-24;/h4-7H,3,8-16H2,1-2H3,(H2,21,22,23);1H. The maximum Gasteiger partial charge on any atom is 0.191 e. The van der Waals surface area contributed by atoms with Gasteiger partial charge in [0.1, 0.15) is 0 Å². The molecule has 152 valence electrons. The highest BCUT2D eigenvalue weighted by Gasteiger charge is 2.40. The van der Waals surface area contributed by atoms with E-state index in [1.54, 1.807) is 0 Å². The number of hydrogen-bond acceptors (Lipinski definition) is 4. The van der Waals surface area contributed by atoms with Crippen LogP contribution >= 0.6 is 35.7 Å². The summed E-state index contributed by atoms with van der Waals surface area (Å²) in [6.07, 6.45) is 1.24. The van der Waals surface area contributed by atoms with Crippen LogP contribution in [-0.2, 0) is 11.3 Å². The number of nitrogens with zero attached hydrogens (tertiary/aromatic N) is 2. The van der Waals surface area contributed by atoms with Gasteiger partial charge in [-0.2, -0.15) is 11.8 Å². The summed E-state index contributed by atoms with van der Waals surface area (Å²) < 4.78 is 5.56. The van der Waals surface area contributed by atoms with Crippen molar-refractivity contribution < 1.29 is 4.74 Å². The number of aryl methyl sites for hydroxylation is 1. The summed E-state index contributed by atoms with van der Waals surface area (Å²) in [7, 11) is 0. The minimum absolute atomic E-state index is 0. The third kappa shape index (κ3) is 6.51. The van der Waals surface area contributed by atoms with Crippen LogP contribution in [0.2, 0.25) is 0 Å². The fraction of sp³-hybridized carbons (Fsp3) is 0.650.